The normalized spacial score (nSPS) is 12.3. The van der Waals surface area contributed by atoms with Gasteiger partial charge in [-0.25, -0.2) is 0 Å². The van der Waals surface area contributed by atoms with E-state index in [9.17, 15) is 0 Å². The van der Waals surface area contributed by atoms with Gasteiger partial charge in [0.25, 0.3) is 0 Å². The Morgan fingerprint density at radius 3 is 1.14 bits per heavy atom. The molecular weight excluding hydrogens is 1660 g/mol. The molecule has 133 heavy (non-hydrogen) atoms. The lowest BCUT2D eigenvalue weighted by atomic mass is 9.75. The van der Waals surface area contributed by atoms with Crippen molar-refractivity contribution in [3.05, 3.63) is 503 Å². The minimum atomic E-state index is -0.169. The van der Waals surface area contributed by atoms with Gasteiger partial charge in [0.05, 0.1) is 25.3 Å². The van der Waals surface area contributed by atoms with Gasteiger partial charge in [0.2, 0.25) is 0 Å². The van der Waals surface area contributed by atoms with E-state index in [1.54, 1.807) is 23.5 Å². The molecular formula is C125H87N3O3S2. The van der Waals surface area contributed by atoms with Crippen molar-refractivity contribution in [2.24, 2.45) is 0 Å². The number of rotatable bonds is 15. The highest BCUT2D eigenvalue weighted by atomic mass is 32.2. The average molecular weight is 1740 g/mol. The van der Waals surface area contributed by atoms with Gasteiger partial charge in [0.1, 0.15) is 34.5 Å². The van der Waals surface area contributed by atoms with Gasteiger partial charge >= 0.3 is 0 Å². The second kappa shape index (κ2) is 35.2. The van der Waals surface area contributed by atoms with Gasteiger partial charge in [0.15, 0.2) is 0 Å². The van der Waals surface area contributed by atoms with E-state index in [-0.39, 0.29) is 5.41 Å². The van der Waals surface area contributed by atoms with Crippen molar-refractivity contribution in [1.82, 2.24) is 0 Å². The fraction of sp³-hybridized carbons (Fsp3) is 0.0240. The maximum Gasteiger partial charge on any atom is 0.149 e. The van der Waals surface area contributed by atoms with Crippen LogP contribution in [0.5, 0.6) is 34.5 Å². The van der Waals surface area contributed by atoms with Crippen molar-refractivity contribution in [3.8, 4) is 124 Å². The van der Waals surface area contributed by atoms with Crippen molar-refractivity contribution < 1.29 is 14.2 Å². The summed E-state index contributed by atoms with van der Waals surface area (Å²) in [7, 11) is 0. The molecule has 0 radical (unpaired) electrons. The molecule has 0 saturated heterocycles. The zero-order valence-corrected chi connectivity index (χ0v) is 74.8. The Bertz CT molecular complexity index is 7860. The van der Waals surface area contributed by atoms with E-state index in [1.807, 2.05) is 30.3 Å². The molecule has 0 spiro atoms. The summed E-state index contributed by atoms with van der Waals surface area (Å²) in [6.45, 7) is 4.57. The lowest BCUT2D eigenvalue weighted by molar-refractivity contribution is 0.419. The Morgan fingerprint density at radius 2 is 0.541 bits per heavy atom. The molecule has 21 aromatic carbocycles. The van der Waals surface area contributed by atoms with Crippen LogP contribution in [-0.2, 0) is 5.41 Å². The first-order valence-corrected chi connectivity index (χ1v) is 46.8. The van der Waals surface area contributed by atoms with Crippen LogP contribution in [0, 0.1) is 0 Å². The largest absolute Gasteiger partial charge is 0.456 e. The van der Waals surface area contributed by atoms with Gasteiger partial charge in [-0.05, 0) is 240 Å². The molecule has 0 bridgehead atoms. The van der Waals surface area contributed by atoms with Crippen molar-refractivity contribution >= 4 is 96.3 Å². The second-order valence-corrected chi connectivity index (χ2v) is 36.3. The predicted molar refractivity (Wildman–Crippen MR) is 555 cm³/mol. The lowest BCUT2D eigenvalue weighted by Crippen LogP contribution is -2.24. The molecule has 0 unspecified atom stereocenters. The lowest BCUT2D eigenvalue weighted by Gasteiger charge is -2.35. The zero-order chi connectivity index (χ0) is 88.7. The Labute approximate surface area is 784 Å². The first-order valence-electron chi connectivity index (χ1n) is 45.1. The summed E-state index contributed by atoms with van der Waals surface area (Å²) in [4.78, 5) is 11.6. The number of hydrogen-bond donors (Lipinski definition) is 0. The summed E-state index contributed by atoms with van der Waals surface area (Å²) in [5, 5.41) is 4.90. The van der Waals surface area contributed by atoms with Crippen LogP contribution >= 0.6 is 23.5 Å². The molecule has 8 heteroatoms. The van der Waals surface area contributed by atoms with Crippen LogP contribution in [0.1, 0.15) is 25.0 Å². The molecule has 0 amide bonds. The van der Waals surface area contributed by atoms with E-state index in [0.29, 0.717) is 0 Å². The molecule has 6 nitrogen and oxygen atoms in total. The summed E-state index contributed by atoms with van der Waals surface area (Å²) in [6.07, 6.45) is 0. The van der Waals surface area contributed by atoms with Gasteiger partial charge in [0, 0.05) is 83.9 Å². The third-order valence-corrected chi connectivity index (χ3v) is 28.0. The van der Waals surface area contributed by atoms with Crippen molar-refractivity contribution in [2.45, 2.75) is 38.8 Å². The van der Waals surface area contributed by atoms with E-state index in [1.165, 1.54) is 105 Å². The highest BCUT2D eigenvalue weighted by Gasteiger charge is 2.36. The topological polar surface area (TPSA) is 37.4 Å². The summed E-state index contributed by atoms with van der Waals surface area (Å²) < 4.78 is 19.3. The molecule has 25 rings (SSSR count). The molecule has 0 aromatic heterocycles. The van der Waals surface area contributed by atoms with E-state index in [2.05, 4.69) is 490 Å². The Kier molecular flexibility index (Phi) is 21.5. The van der Waals surface area contributed by atoms with Crippen LogP contribution in [0.15, 0.2) is 511 Å². The number of anilines is 9. The van der Waals surface area contributed by atoms with Crippen molar-refractivity contribution in [1.29, 1.82) is 0 Å². The van der Waals surface area contributed by atoms with E-state index < -0.39 is 0 Å². The van der Waals surface area contributed by atoms with Gasteiger partial charge in [-0.2, -0.15) is 0 Å². The molecule has 0 atom stereocenters. The first-order chi connectivity index (χ1) is 65.7. The third-order valence-electron chi connectivity index (χ3n) is 25.7. The first kappa shape index (κ1) is 81.1. The minimum Gasteiger partial charge on any atom is -0.456 e. The minimum absolute atomic E-state index is 0.169. The van der Waals surface area contributed by atoms with Crippen LogP contribution < -0.4 is 28.9 Å². The average Bonchev–Trinajstić information content (AvgIpc) is 0.740. The number of benzene rings is 21. The molecule has 3 aliphatic heterocycles. The number of ether oxygens (including phenoxy) is 3. The Balaban J connectivity index is 0.000000115. The molecule has 0 saturated carbocycles. The van der Waals surface area contributed by atoms with Gasteiger partial charge in [-0.1, -0.05) is 377 Å². The van der Waals surface area contributed by atoms with Crippen LogP contribution in [-0.4, -0.2) is 0 Å². The molecule has 21 aromatic rings. The SMILES string of the molecule is CC1(C)c2ccccc2Oc2c(-c3ccc(N(c4ccc(-c5ccccc5)cc4)c4ccc(-c5cccc(-c6ccccc6)c5)cc4)cc3)cccc21.c1ccc(N(c2ccc(-c3cccc4c3Oc3ccccc3S4)cc2)c2c3ccccc3cc3ccccc23)cc1.c1ccc(N(c2ccc(-c3cccc4c3Sc3ccccc3O4)cc2)c2ccc3c(c2)-c2ccccc2-3)cc1. The summed E-state index contributed by atoms with van der Waals surface area (Å²) in [5.74, 6) is 5.52. The smallest absolute Gasteiger partial charge is 0.149 e. The van der Waals surface area contributed by atoms with Crippen LogP contribution in [0.25, 0.3) is 111 Å². The number of hydrogen-bond acceptors (Lipinski definition) is 8. The molecule has 0 N–H and O–H groups in total. The number of nitrogens with zero attached hydrogens (tertiary/aromatic N) is 3. The summed E-state index contributed by atoms with van der Waals surface area (Å²) in [6, 6.07) is 175. The maximum atomic E-state index is 6.63. The number of para-hydroxylation sites is 7. The quantitative estimate of drug-likeness (QED) is 0.0940. The van der Waals surface area contributed by atoms with Crippen molar-refractivity contribution in [2.75, 3.05) is 14.7 Å². The van der Waals surface area contributed by atoms with E-state index in [4.69, 9.17) is 14.2 Å². The Hall–Kier alpha value is -16.4. The monoisotopic (exact) mass is 1740 g/mol. The fourth-order valence-corrected chi connectivity index (χ4v) is 21.1. The zero-order valence-electron chi connectivity index (χ0n) is 73.1. The van der Waals surface area contributed by atoms with Crippen molar-refractivity contribution in [3.63, 3.8) is 0 Å². The fourth-order valence-electron chi connectivity index (χ4n) is 19.1. The highest BCUT2D eigenvalue weighted by molar-refractivity contribution is 8.00. The Morgan fingerprint density at radius 1 is 0.195 bits per heavy atom. The van der Waals surface area contributed by atoms with E-state index >= 15 is 0 Å². The second-order valence-electron chi connectivity index (χ2n) is 34.1. The van der Waals surface area contributed by atoms with Gasteiger partial charge in [-0.3, -0.25) is 0 Å². The van der Waals surface area contributed by atoms with Crippen LogP contribution in [0.2, 0.25) is 0 Å². The van der Waals surface area contributed by atoms with Gasteiger partial charge in [-0.15, -0.1) is 0 Å². The molecule has 632 valence electrons. The number of fused-ring (bicyclic) bond motifs is 12. The van der Waals surface area contributed by atoms with Crippen LogP contribution in [0.4, 0.5) is 51.2 Å². The predicted octanol–water partition coefficient (Wildman–Crippen LogP) is 36.4. The summed E-state index contributed by atoms with van der Waals surface area (Å²) in [5.41, 5.74) is 31.6. The van der Waals surface area contributed by atoms with Crippen LogP contribution in [0.3, 0.4) is 0 Å². The van der Waals surface area contributed by atoms with Gasteiger partial charge < -0.3 is 28.9 Å². The molecule has 3 heterocycles. The standard InChI is InChI=1S/C51H39NO.C38H25NOS.C36H23NOS/c1-51(2)47-20-9-10-22-49(47)53-50-46(19-12-21-48(50)51)40-27-33-45(34-28-40)52(43-29-23-38(24-30-43)36-13-5-3-6-14-36)44-31-25-39(26-32-44)42-18-11-17-41(35-42)37-15-7-4-8-16-37;1-2-13-29(14-3-1)39(37-31-15-6-4-11-27(31)25-28-12-5-7-16-32(28)37)30-23-21-26(22-24-30)33-17-10-20-36-38(33)40-34-18-8-9-19-35(34)41-36;1-2-9-25(10-3-1)37(27-21-22-31-29-11-4-5-12-30(29)32(31)23-27)26-19-17-24(18-20-26)28-13-8-15-34-36(28)39-35-16-7-6-14-33(35)38-34/h3-35H,1-2H3;1-25H;1-23H. The molecule has 1 aliphatic carbocycles. The summed E-state index contributed by atoms with van der Waals surface area (Å²) >= 11 is 3.54. The maximum absolute atomic E-state index is 6.63. The van der Waals surface area contributed by atoms with E-state index in [0.717, 1.165) is 122 Å². The third kappa shape index (κ3) is 15.7. The molecule has 4 aliphatic rings. The highest BCUT2D eigenvalue weighted by Crippen LogP contribution is 2.57. The molecule has 0 fully saturated rings.